The number of hydrogen-bond donors (Lipinski definition) is 0. The minimum Gasteiger partial charge on any atom is -0.497 e. The van der Waals surface area contributed by atoms with E-state index in [0.29, 0.717) is 6.54 Å². The van der Waals surface area contributed by atoms with Gasteiger partial charge in [-0.25, -0.2) is 4.68 Å². The second-order valence-corrected chi connectivity index (χ2v) is 6.92. The summed E-state index contributed by atoms with van der Waals surface area (Å²) >= 11 is 0. The molecule has 0 unspecified atom stereocenters. The van der Waals surface area contributed by atoms with Crippen molar-refractivity contribution in [3.63, 3.8) is 0 Å². The van der Waals surface area contributed by atoms with Crippen LogP contribution < -0.4 is 9.64 Å². The minimum absolute atomic E-state index is 0.197. The Morgan fingerprint density at radius 3 is 2.54 bits per heavy atom. The molecule has 1 aliphatic rings. The predicted molar refractivity (Wildman–Crippen MR) is 105 cm³/mol. The van der Waals surface area contributed by atoms with Crippen LogP contribution in [0.5, 0.6) is 5.75 Å². The lowest BCUT2D eigenvalue weighted by molar-refractivity contribution is 0.169. The highest BCUT2D eigenvalue weighted by molar-refractivity contribution is 5.49. The van der Waals surface area contributed by atoms with Gasteiger partial charge in [0, 0.05) is 31.9 Å². The third kappa shape index (κ3) is 3.87. The summed E-state index contributed by atoms with van der Waals surface area (Å²) in [6, 6.07) is 12.3. The zero-order valence-corrected chi connectivity index (χ0v) is 16.4. The number of ether oxygens (including phenoxy) is 1. The first-order chi connectivity index (χ1) is 13.8. The smallest absolute Gasteiger partial charge is 0.168 e. The number of hydrogen-bond acceptors (Lipinski definition) is 7. The molecule has 1 fully saturated rings. The van der Waals surface area contributed by atoms with Crippen molar-refractivity contribution in [2.24, 2.45) is 0 Å². The molecule has 8 heteroatoms. The monoisotopic (exact) mass is 382 g/mol. The Hall–Kier alpha value is -2.87. The summed E-state index contributed by atoms with van der Waals surface area (Å²) in [5.41, 5.74) is 1.23. The lowest BCUT2D eigenvalue weighted by Crippen LogP contribution is -2.48. The molecule has 0 saturated carbocycles. The maximum Gasteiger partial charge on any atom is 0.168 e. The Labute approximate surface area is 164 Å². The summed E-state index contributed by atoms with van der Waals surface area (Å²) in [6.45, 7) is 6.63. The zero-order valence-electron chi connectivity index (χ0n) is 16.4. The van der Waals surface area contributed by atoms with Crippen molar-refractivity contribution in [1.29, 1.82) is 0 Å². The molecule has 8 nitrogen and oxygen atoms in total. The highest BCUT2D eigenvalue weighted by atomic mass is 16.5. The maximum atomic E-state index is 5.45. The molecule has 0 spiro atoms. The maximum absolute atomic E-state index is 5.45. The van der Waals surface area contributed by atoms with Crippen LogP contribution in [0.15, 0.2) is 47.1 Å². The topological polar surface area (TPSA) is 72.5 Å². The number of aromatic nitrogens is 4. The van der Waals surface area contributed by atoms with Crippen molar-refractivity contribution >= 4 is 5.69 Å². The van der Waals surface area contributed by atoms with E-state index in [4.69, 9.17) is 9.15 Å². The molecule has 3 aromatic rings. The summed E-state index contributed by atoms with van der Waals surface area (Å²) in [5.74, 6) is 2.64. The number of nitrogens with zero attached hydrogens (tertiary/aromatic N) is 6. The van der Waals surface area contributed by atoms with E-state index in [-0.39, 0.29) is 6.04 Å². The number of benzene rings is 1. The van der Waals surface area contributed by atoms with Crippen LogP contribution in [0.3, 0.4) is 0 Å². The molecule has 1 atom stereocenters. The normalized spacial score (nSPS) is 16.3. The molecule has 3 heterocycles. The second kappa shape index (κ2) is 8.43. The molecule has 1 saturated heterocycles. The summed E-state index contributed by atoms with van der Waals surface area (Å²) in [5, 5.41) is 12.4. The minimum atomic E-state index is 0.197. The summed E-state index contributed by atoms with van der Waals surface area (Å²) in [6.07, 6.45) is 2.64. The van der Waals surface area contributed by atoms with Crippen molar-refractivity contribution in [2.75, 3.05) is 38.2 Å². The summed E-state index contributed by atoms with van der Waals surface area (Å²) < 4.78 is 12.6. The van der Waals surface area contributed by atoms with Crippen molar-refractivity contribution in [3.05, 3.63) is 54.2 Å². The molecule has 0 aliphatic carbocycles. The average molecular weight is 382 g/mol. The molecule has 0 bridgehead atoms. The molecule has 148 valence electrons. The first-order valence-electron chi connectivity index (χ1n) is 9.70. The first-order valence-corrected chi connectivity index (χ1v) is 9.70. The van der Waals surface area contributed by atoms with Gasteiger partial charge in [-0.3, -0.25) is 4.90 Å². The van der Waals surface area contributed by atoms with Gasteiger partial charge in [0.25, 0.3) is 0 Å². The molecule has 28 heavy (non-hydrogen) atoms. The largest absolute Gasteiger partial charge is 0.497 e. The van der Waals surface area contributed by atoms with Crippen LogP contribution in [0.4, 0.5) is 5.69 Å². The third-order valence-corrected chi connectivity index (χ3v) is 5.32. The summed E-state index contributed by atoms with van der Waals surface area (Å²) in [4.78, 5) is 4.89. The van der Waals surface area contributed by atoms with Gasteiger partial charge in [-0.1, -0.05) is 6.92 Å². The van der Waals surface area contributed by atoms with Crippen LogP contribution in [0, 0.1) is 0 Å². The highest BCUT2D eigenvalue weighted by Gasteiger charge is 2.28. The van der Waals surface area contributed by atoms with E-state index in [2.05, 4.69) is 44.4 Å². The number of anilines is 1. The van der Waals surface area contributed by atoms with Gasteiger partial charge in [-0.05, 0) is 53.2 Å². The molecule has 0 N–H and O–H groups in total. The van der Waals surface area contributed by atoms with Crippen LogP contribution in [-0.2, 0) is 6.54 Å². The second-order valence-electron chi connectivity index (χ2n) is 6.92. The van der Waals surface area contributed by atoms with Gasteiger partial charge in [0.2, 0.25) is 0 Å². The average Bonchev–Trinajstić information content (AvgIpc) is 3.42. The number of furan rings is 1. The van der Waals surface area contributed by atoms with Crippen molar-refractivity contribution in [3.8, 4) is 5.75 Å². The van der Waals surface area contributed by atoms with Crippen LogP contribution in [0.25, 0.3) is 0 Å². The van der Waals surface area contributed by atoms with Gasteiger partial charge in [-0.2, -0.15) is 0 Å². The fourth-order valence-electron chi connectivity index (χ4n) is 3.80. The van der Waals surface area contributed by atoms with Gasteiger partial charge < -0.3 is 14.1 Å². The van der Waals surface area contributed by atoms with Gasteiger partial charge in [0.1, 0.15) is 18.1 Å². The van der Waals surface area contributed by atoms with Gasteiger partial charge in [0.05, 0.1) is 19.4 Å². The molecule has 2 aromatic heterocycles. The molecular formula is C20H26N6O2. The third-order valence-electron chi connectivity index (χ3n) is 5.32. The van der Waals surface area contributed by atoms with Gasteiger partial charge in [0.15, 0.2) is 5.82 Å². The van der Waals surface area contributed by atoms with E-state index in [1.54, 1.807) is 13.4 Å². The molecule has 1 aromatic carbocycles. The van der Waals surface area contributed by atoms with E-state index in [1.165, 1.54) is 5.69 Å². The van der Waals surface area contributed by atoms with E-state index >= 15 is 0 Å². The van der Waals surface area contributed by atoms with Gasteiger partial charge in [-0.15, -0.1) is 5.10 Å². The Morgan fingerprint density at radius 1 is 1.11 bits per heavy atom. The van der Waals surface area contributed by atoms with Crippen LogP contribution in [-0.4, -0.2) is 58.4 Å². The number of piperazine rings is 1. The lowest BCUT2D eigenvalue weighted by atomic mass is 10.1. The Bertz CT molecular complexity index is 853. The molecule has 0 amide bonds. The van der Waals surface area contributed by atoms with Gasteiger partial charge >= 0.3 is 0 Å². The fourth-order valence-corrected chi connectivity index (χ4v) is 3.80. The first kappa shape index (κ1) is 18.5. The van der Waals surface area contributed by atoms with E-state index in [9.17, 15) is 0 Å². The number of rotatable bonds is 7. The lowest BCUT2D eigenvalue weighted by Gasteiger charge is -2.39. The van der Waals surface area contributed by atoms with E-state index in [0.717, 1.165) is 49.9 Å². The molecule has 0 radical (unpaired) electrons. The highest BCUT2D eigenvalue weighted by Crippen LogP contribution is 2.26. The Kier molecular flexibility index (Phi) is 5.57. The standard InChI is InChI=1S/C20H26N6O2/c1-3-19(20-21-22-23-26(20)15-18-5-4-14-28-18)25-12-10-24(11-13-25)16-6-8-17(27-2)9-7-16/h4-9,14,19H,3,10-13,15H2,1-2H3/t19-/m0/s1. The zero-order chi connectivity index (χ0) is 19.3. The Morgan fingerprint density at radius 2 is 1.89 bits per heavy atom. The molecular weight excluding hydrogens is 356 g/mol. The van der Waals surface area contributed by atoms with Crippen molar-refractivity contribution < 1.29 is 9.15 Å². The van der Waals surface area contributed by atoms with Crippen LogP contribution >= 0.6 is 0 Å². The molecule has 4 rings (SSSR count). The Balaban J connectivity index is 1.42. The molecule has 1 aliphatic heterocycles. The fraction of sp³-hybridized carbons (Fsp3) is 0.450. The summed E-state index contributed by atoms with van der Waals surface area (Å²) in [7, 11) is 1.69. The van der Waals surface area contributed by atoms with Crippen LogP contribution in [0.1, 0.15) is 31.0 Å². The quantitative estimate of drug-likeness (QED) is 0.622. The van der Waals surface area contributed by atoms with Crippen LogP contribution in [0.2, 0.25) is 0 Å². The van der Waals surface area contributed by atoms with E-state index < -0.39 is 0 Å². The van der Waals surface area contributed by atoms with Crippen molar-refractivity contribution in [1.82, 2.24) is 25.1 Å². The number of methoxy groups -OCH3 is 1. The van der Waals surface area contributed by atoms with Crippen molar-refractivity contribution in [2.45, 2.75) is 25.9 Å². The number of tetrazole rings is 1. The predicted octanol–water partition coefficient (Wildman–Crippen LogP) is 2.60. The van der Waals surface area contributed by atoms with E-state index in [1.807, 2.05) is 28.9 Å². The SMILES string of the molecule is CC[C@@H](c1nnnn1Cc1ccco1)N1CCN(c2ccc(OC)cc2)CC1.